The first-order valence-electron chi connectivity index (χ1n) is 10.1. The number of ether oxygens (including phenoxy) is 2. The van der Waals surface area contributed by atoms with Crippen molar-refractivity contribution in [3.63, 3.8) is 0 Å². The van der Waals surface area contributed by atoms with Crippen LogP contribution in [0.25, 0.3) is 11.0 Å². The number of pyridine rings is 1. The highest BCUT2D eigenvalue weighted by atomic mass is 35.5. The number of amides is 1. The van der Waals surface area contributed by atoms with Gasteiger partial charge in [-0.05, 0) is 45.2 Å². The maximum Gasteiger partial charge on any atom is 0.224 e. The molecule has 2 aromatic heterocycles. The summed E-state index contributed by atoms with van der Waals surface area (Å²) in [6.07, 6.45) is 2.76. The van der Waals surface area contributed by atoms with Gasteiger partial charge in [0.25, 0.3) is 0 Å². The zero-order valence-corrected chi connectivity index (χ0v) is 18.3. The Kier molecular flexibility index (Phi) is 5.56. The molecule has 0 fully saturated rings. The van der Waals surface area contributed by atoms with Gasteiger partial charge in [0, 0.05) is 35.7 Å². The summed E-state index contributed by atoms with van der Waals surface area (Å²) in [6.45, 7) is 9.18. The fourth-order valence-electron chi connectivity index (χ4n) is 3.75. The van der Waals surface area contributed by atoms with Crippen molar-refractivity contribution in [1.82, 2.24) is 14.8 Å². The molecule has 158 valence electrons. The second-order valence-electron chi connectivity index (χ2n) is 7.74. The van der Waals surface area contributed by atoms with Crippen LogP contribution in [0.4, 0.5) is 5.69 Å². The van der Waals surface area contributed by atoms with Crippen LogP contribution in [-0.2, 0) is 11.2 Å². The van der Waals surface area contributed by atoms with Crippen LogP contribution < -0.4 is 14.8 Å². The summed E-state index contributed by atoms with van der Waals surface area (Å²) in [5.74, 6) is 1.06. The Balaban J connectivity index is 1.50. The van der Waals surface area contributed by atoms with E-state index in [2.05, 4.69) is 31.2 Å². The zero-order valence-electron chi connectivity index (χ0n) is 17.6. The molecule has 0 aliphatic carbocycles. The van der Waals surface area contributed by atoms with Gasteiger partial charge in [-0.1, -0.05) is 11.6 Å². The topological polar surface area (TPSA) is 78.3 Å². The molecule has 3 heterocycles. The van der Waals surface area contributed by atoms with E-state index in [1.54, 1.807) is 12.1 Å². The van der Waals surface area contributed by atoms with Crippen LogP contribution >= 0.6 is 11.6 Å². The molecule has 0 saturated heterocycles. The summed E-state index contributed by atoms with van der Waals surface area (Å²) in [7, 11) is 0. The SMILES string of the molecule is Cc1nc2c(cnn2C(C)C)c(C)c1CCC(=O)Nc1cc2c(cc1Cl)OCCO2. The Morgan fingerprint density at radius 3 is 2.63 bits per heavy atom. The van der Waals surface area contributed by atoms with E-state index in [1.807, 2.05) is 17.8 Å². The number of hydrogen-bond acceptors (Lipinski definition) is 5. The summed E-state index contributed by atoms with van der Waals surface area (Å²) in [4.78, 5) is 17.4. The van der Waals surface area contributed by atoms with E-state index in [0.29, 0.717) is 48.3 Å². The predicted octanol–water partition coefficient (Wildman–Crippen LogP) is 4.62. The second-order valence-corrected chi connectivity index (χ2v) is 8.15. The fraction of sp³-hybridized carbons (Fsp3) is 0.409. The lowest BCUT2D eigenvalue weighted by Gasteiger charge is -2.20. The molecule has 0 bridgehead atoms. The number of nitrogens with zero attached hydrogens (tertiary/aromatic N) is 3. The van der Waals surface area contributed by atoms with Gasteiger partial charge in [-0.25, -0.2) is 9.67 Å². The Bertz CT molecular complexity index is 1120. The first-order valence-corrected chi connectivity index (χ1v) is 10.4. The predicted molar refractivity (Wildman–Crippen MR) is 117 cm³/mol. The number of hydrogen-bond donors (Lipinski definition) is 1. The van der Waals surface area contributed by atoms with E-state index in [0.717, 1.165) is 27.9 Å². The Morgan fingerprint density at radius 2 is 1.93 bits per heavy atom. The second kappa shape index (κ2) is 8.14. The highest BCUT2D eigenvalue weighted by molar-refractivity contribution is 6.34. The normalized spacial score (nSPS) is 13.1. The Morgan fingerprint density at radius 1 is 1.23 bits per heavy atom. The van der Waals surface area contributed by atoms with Gasteiger partial charge < -0.3 is 14.8 Å². The summed E-state index contributed by atoms with van der Waals surface area (Å²) in [5.41, 5.74) is 4.53. The number of carbonyl (C=O) groups excluding carboxylic acids is 1. The molecule has 0 spiro atoms. The molecule has 1 N–H and O–H groups in total. The Labute approximate surface area is 180 Å². The average molecular weight is 429 g/mol. The van der Waals surface area contributed by atoms with Gasteiger partial charge in [0.05, 0.1) is 16.9 Å². The summed E-state index contributed by atoms with van der Waals surface area (Å²) >= 11 is 6.30. The fourth-order valence-corrected chi connectivity index (χ4v) is 3.95. The third-order valence-electron chi connectivity index (χ3n) is 5.33. The maximum atomic E-state index is 12.6. The number of aryl methyl sites for hydroxylation is 2. The molecule has 7 nitrogen and oxygen atoms in total. The quantitative estimate of drug-likeness (QED) is 0.641. The van der Waals surface area contributed by atoms with Crippen LogP contribution in [-0.4, -0.2) is 33.9 Å². The largest absolute Gasteiger partial charge is 0.486 e. The van der Waals surface area contributed by atoms with Crippen molar-refractivity contribution in [2.75, 3.05) is 18.5 Å². The van der Waals surface area contributed by atoms with E-state index in [4.69, 9.17) is 26.1 Å². The van der Waals surface area contributed by atoms with E-state index >= 15 is 0 Å². The van der Waals surface area contributed by atoms with Crippen molar-refractivity contribution < 1.29 is 14.3 Å². The van der Waals surface area contributed by atoms with Crippen LogP contribution in [0, 0.1) is 13.8 Å². The lowest BCUT2D eigenvalue weighted by atomic mass is 10.0. The summed E-state index contributed by atoms with van der Waals surface area (Å²) < 4.78 is 13.0. The van der Waals surface area contributed by atoms with Crippen LogP contribution in [0.15, 0.2) is 18.3 Å². The van der Waals surface area contributed by atoms with Gasteiger partial charge in [0.2, 0.25) is 5.91 Å². The first kappa shape index (κ1) is 20.5. The van der Waals surface area contributed by atoms with Gasteiger partial charge in [0.15, 0.2) is 17.1 Å². The molecular weight excluding hydrogens is 404 g/mol. The monoisotopic (exact) mass is 428 g/mol. The average Bonchev–Trinajstić information content (AvgIpc) is 3.12. The number of aromatic nitrogens is 3. The molecule has 0 atom stereocenters. The van der Waals surface area contributed by atoms with Crippen molar-refractivity contribution in [1.29, 1.82) is 0 Å². The van der Waals surface area contributed by atoms with Gasteiger partial charge in [0.1, 0.15) is 13.2 Å². The van der Waals surface area contributed by atoms with Crippen molar-refractivity contribution in [2.45, 2.75) is 46.6 Å². The lowest BCUT2D eigenvalue weighted by molar-refractivity contribution is -0.116. The van der Waals surface area contributed by atoms with Crippen LogP contribution in [0.5, 0.6) is 11.5 Å². The van der Waals surface area contributed by atoms with Gasteiger partial charge >= 0.3 is 0 Å². The molecule has 1 aliphatic rings. The minimum atomic E-state index is -0.120. The van der Waals surface area contributed by atoms with Crippen molar-refractivity contribution >= 4 is 34.2 Å². The maximum absolute atomic E-state index is 12.6. The van der Waals surface area contributed by atoms with Crippen LogP contribution in [0.1, 0.15) is 43.1 Å². The van der Waals surface area contributed by atoms with E-state index in [-0.39, 0.29) is 11.9 Å². The molecule has 1 aromatic carbocycles. The highest BCUT2D eigenvalue weighted by Gasteiger charge is 2.18. The number of fused-ring (bicyclic) bond motifs is 2. The van der Waals surface area contributed by atoms with E-state index in [1.165, 1.54) is 0 Å². The Hall–Kier alpha value is -2.80. The number of rotatable bonds is 5. The smallest absolute Gasteiger partial charge is 0.224 e. The molecule has 4 rings (SSSR count). The van der Waals surface area contributed by atoms with Gasteiger partial charge in [-0.15, -0.1) is 0 Å². The number of benzene rings is 1. The molecule has 1 amide bonds. The van der Waals surface area contributed by atoms with Crippen LogP contribution in [0.2, 0.25) is 5.02 Å². The highest BCUT2D eigenvalue weighted by Crippen LogP contribution is 2.38. The van der Waals surface area contributed by atoms with Crippen LogP contribution in [0.3, 0.4) is 0 Å². The van der Waals surface area contributed by atoms with Crippen molar-refractivity contribution in [2.24, 2.45) is 0 Å². The minimum Gasteiger partial charge on any atom is -0.486 e. The lowest BCUT2D eigenvalue weighted by Crippen LogP contribution is -2.17. The summed E-state index contributed by atoms with van der Waals surface area (Å²) in [6, 6.07) is 3.62. The number of halogens is 1. The first-order chi connectivity index (χ1) is 14.3. The van der Waals surface area contributed by atoms with Gasteiger partial charge in [-0.2, -0.15) is 5.10 Å². The summed E-state index contributed by atoms with van der Waals surface area (Å²) in [5, 5.41) is 8.80. The molecular formula is C22H25ClN4O3. The molecule has 30 heavy (non-hydrogen) atoms. The van der Waals surface area contributed by atoms with Crippen molar-refractivity contribution in [3.05, 3.63) is 40.2 Å². The van der Waals surface area contributed by atoms with E-state index < -0.39 is 0 Å². The molecule has 0 saturated carbocycles. The standard InChI is InChI=1S/C22H25ClN4O3/c1-12(2)27-22-16(11-24-27)13(3)15(14(4)25-22)5-6-21(28)26-18-10-20-19(9-17(18)23)29-7-8-30-20/h9-12H,5-8H2,1-4H3,(H,26,28). The molecule has 8 heteroatoms. The van der Waals surface area contributed by atoms with E-state index in [9.17, 15) is 4.79 Å². The zero-order chi connectivity index (χ0) is 21.4. The number of carbonyl (C=O) groups is 1. The molecule has 3 aromatic rings. The molecule has 0 radical (unpaired) electrons. The van der Waals surface area contributed by atoms with Gasteiger partial charge in [-0.3, -0.25) is 4.79 Å². The van der Waals surface area contributed by atoms with Crippen molar-refractivity contribution in [3.8, 4) is 11.5 Å². The minimum absolute atomic E-state index is 0.120. The molecule has 1 aliphatic heterocycles. The third-order valence-corrected chi connectivity index (χ3v) is 5.65. The number of anilines is 1. The number of nitrogens with one attached hydrogen (secondary N) is 1. The molecule has 0 unspecified atom stereocenters. The third kappa shape index (κ3) is 3.81.